The number of hydrogen-bond acceptors (Lipinski definition) is 3. The zero-order chi connectivity index (χ0) is 15.3. The summed E-state index contributed by atoms with van der Waals surface area (Å²) in [5, 5.41) is 2.86. The van der Waals surface area contributed by atoms with Crippen LogP contribution in [-0.4, -0.2) is 12.5 Å². The van der Waals surface area contributed by atoms with Crippen LogP contribution in [0.2, 0.25) is 0 Å². The lowest BCUT2D eigenvalue weighted by molar-refractivity contribution is -0.123. The highest BCUT2D eigenvalue weighted by molar-refractivity contribution is 5.95. The smallest absolute Gasteiger partial charge is 0.231 e. The van der Waals surface area contributed by atoms with Crippen molar-refractivity contribution in [3.8, 4) is 11.5 Å². The van der Waals surface area contributed by atoms with Crippen LogP contribution in [0.4, 0.5) is 5.69 Å². The molecule has 0 unspecified atom stereocenters. The molecule has 0 saturated heterocycles. The second kappa shape index (κ2) is 6.41. The number of rotatable bonds is 5. The van der Waals surface area contributed by atoms with E-state index in [-0.39, 0.29) is 5.91 Å². The zero-order valence-electron chi connectivity index (χ0n) is 12.3. The average molecular weight is 284 g/mol. The van der Waals surface area contributed by atoms with Gasteiger partial charge in [-0.25, -0.2) is 0 Å². The Bertz CT molecular complexity index is 609. The van der Waals surface area contributed by atoms with Gasteiger partial charge in [0.1, 0.15) is 11.5 Å². The van der Waals surface area contributed by atoms with Gasteiger partial charge in [0.25, 0.3) is 0 Å². The Morgan fingerprint density at radius 2 is 1.76 bits per heavy atom. The van der Waals surface area contributed by atoms with Crippen molar-refractivity contribution in [3.05, 3.63) is 54.6 Å². The van der Waals surface area contributed by atoms with Gasteiger partial charge in [0, 0.05) is 18.3 Å². The molecule has 0 saturated carbocycles. The molecular weight excluding hydrogens is 264 g/mol. The van der Waals surface area contributed by atoms with Gasteiger partial charge in [-0.2, -0.15) is 0 Å². The predicted molar refractivity (Wildman–Crippen MR) is 84.4 cm³/mol. The minimum atomic E-state index is -0.601. The molecule has 0 aliphatic heterocycles. The third kappa shape index (κ3) is 4.07. The maximum atomic E-state index is 12.1. The van der Waals surface area contributed by atoms with Crippen molar-refractivity contribution in [2.75, 3.05) is 11.9 Å². The highest BCUT2D eigenvalue weighted by atomic mass is 16.5. The molecule has 2 aromatic rings. The summed E-state index contributed by atoms with van der Waals surface area (Å²) in [5.41, 5.74) is 5.70. The third-order valence-electron chi connectivity index (χ3n) is 3.20. The maximum Gasteiger partial charge on any atom is 0.231 e. The van der Waals surface area contributed by atoms with E-state index < -0.39 is 5.41 Å². The van der Waals surface area contributed by atoms with Gasteiger partial charge in [0.05, 0.1) is 5.41 Å². The average Bonchev–Trinajstić information content (AvgIpc) is 2.48. The van der Waals surface area contributed by atoms with E-state index in [2.05, 4.69) is 5.32 Å². The van der Waals surface area contributed by atoms with Gasteiger partial charge in [0.2, 0.25) is 5.91 Å². The molecule has 4 heteroatoms. The number of para-hydroxylation sites is 1. The molecule has 110 valence electrons. The summed E-state index contributed by atoms with van der Waals surface area (Å²) in [6.45, 7) is 3.92. The topological polar surface area (TPSA) is 64.4 Å². The fourth-order valence-corrected chi connectivity index (χ4v) is 1.65. The molecule has 2 aromatic carbocycles. The van der Waals surface area contributed by atoms with Crippen LogP contribution in [0, 0.1) is 5.41 Å². The number of ether oxygens (including phenoxy) is 1. The summed E-state index contributed by atoms with van der Waals surface area (Å²) >= 11 is 0. The van der Waals surface area contributed by atoms with Crippen molar-refractivity contribution < 1.29 is 9.53 Å². The van der Waals surface area contributed by atoms with E-state index in [1.807, 2.05) is 62.4 Å². The molecular formula is C17H20N2O2. The van der Waals surface area contributed by atoms with Crippen LogP contribution in [0.5, 0.6) is 11.5 Å². The number of hydrogen-bond donors (Lipinski definition) is 2. The highest BCUT2D eigenvalue weighted by Crippen LogP contribution is 2.25. The molecule has 3 N–H and O–H groups in total. The molecule has 0 aliphatic rings. The molecule has 1 amide bonds. The van der Waals surface area contributed by atoms with E-state index in [1.165, 1.54) is 0 Å². The van der Waals surface area contributed by atoms with Crippen LogP contribution in [0.1, 0.15) is 13.8 Å². The number of nitrogens with one attached hydrogen (secondary N) is 1. The summed E-state index contributed by atoms with van der Waals surface area (Å²) in [5.74, 6) is 1.31. The number of benzene rings is 2. The summed E-state index contributed by atoms with van der Waals surface area (Å²) in [4.78, 5) is 12.1. The summed E-state index contributed by atoms with van der Waals surface area (Å²) in [6.07, 6.45) is 0. The van der Waals surface area contributed by atoms with Gasteiger partial charge in [0.15, 0.2) is 0 Å². The van der Waals surface area contributed by atoms with Gasteiger partial charge >= 0.3 is 0 Å². The summed E-state index contributed by atoms with van der Waals surface area (Å²) in [6, 6.07) is 16.8. The number of nitrogens with two attached hydrogens (primary N) is 1. The van der Waals surface area contributed by atoms with E-state index in [1.54, 1.807) is 6.07 Å². The maximum absolute atomic E-state index is 12.1. The van der Waals surface area contributed by atoms with Crippen molar-refractivity contribution >= 4 is 11.6 Å². The zero-order valence-corrected chi connectivity index (χ0v) is 12.3. The van der Waals surface area contributed by atoms with E-state index in [9.17, 15) is 4.79 Å². The monoisotopic (exact) mass is 284 g/mol. The Hall–Kier alpha value is -2.33. The van der Waals surface area contributed by atoms with Crippen LogP contribution in [0.25, 0.3) is 0 Å². The van der Waals surface area contributed by atoms with Crippen LogP contribution in [0.3, 0.4) is 0 Å². The normalized spacial score (nSPS) is 11.0. The third-order valence-corrected chi connectivity index (χ3v) is 3.20. The summed E-state index contributed by atoms with van der Waals surface area (Å²) in [7, 11) is 0. The Balaban J connectivity index is 2.10. The molecule has 2 rings (SSSR count). The van der Waals surface area contributed by atoms with E-state index in [4.69, 9.17) is 10.5 Å². The lowest BCUT2D eigenvalue weighted by atomic mass is 9.92. The van der Waals surface area contributed by atoms with Crippen molar-refractivity contribution in [2.45, 2.75) is 13.8 Å². The molecule has 21 heavy (non-hydrogen) atoms. The fourth-order valence-electron chi connectivity index (χ4n) is 1.65. The number of carbonyl (C=O) groups excluding carboxylic acids is 1. The van der Waals surface area contributed by atoms with Crippen molar-refractivity contribution in [1.82, 2.24) is 0 Å². The SMILES string of the molecule is CC(C)(CN)C(=O)Nc1cccc(Oc2ccccc2)c1. The van der Waals surface area contributed by atoms with Gasteiger partial charge < -0.3 is 15.8 Å². The predicted octanol–water partition coefficient (Wildman–Crippen LogP) is 3.40. The molecule has 0 spiro atoms. The lowest BCUT2D eigenvalue weighted by Gasteiger charge is -2.21. The molecule has 0 radical (unpaired) electrons. The van der Waals surface area contributed by atoms with Crippen molar-refractivity contribution in [1.29, 1.82) is 0 Å². The first-order valence-electron chi connectivity index (χ1n) is 6.86. The second-order valence-corrected chi connectivity index (χ2v) is 5.49. The van der Waals surface area contributed by atoms with Crippen LogP contribution >= 0.6 is 0 Å². The molecule has 0 heterocycles. The van der Waals surface area contributed by atoms with E-state index in [0.29, 0.717) is 18.0 Å². The number of carbonyl (C=O) groups is 1. The number of anilines is 1. The molecule has 0 atom stereocenters. The standard InChI is InChI=1S/C17H20N2O2/c1-17(2,12-18)16(20)19-13-7-6-10-15(11-13)21-14-8-4-3-5-9-14/h3-11H,12,18H2,1-2H3,(H,19,20). The van der Waals surface area contributed by atoms with Gasteiger partial charge in [-0.1, -0.05) is 24.3 Å². The minimum Gasteiger partial charge on any atom is -0.457 e. The Morgan fingerprint density at radius 3 is 2.43 bits per heavy atom. The highest BCUT2D eigenvalue weighted by Gasteiger charge is 2.25. The van der Waals surface area contributed by atoms with Crippen molar-refractivity contribution in [3.63, 3.8) is 0 Å². The lowest BCUT2D eigenvalue weighted by Crippen LogP contribution is -2.37. The first kappa shape index (κ1) is 15.1. The molecule has 4 nitrogen and oxygen atoms in total. The number of amides is 1. The van der Waals surface area contributed by atoms with Gasteiger partial charge in [-0.3, -0.25) is 4.79 Å². The first-order valence-corrected chi connectivity index (χ1v) is 6.86. The van der Waals surface area contributed by atoms with Gasteiger partial charge in [-0.05, 0) is 38.1 Å². The Labute approximate surface area is 124 Å². The molecule has 0 fully saturated rings. The summed E-state index contributed by atoms with van der Waals surface area (Å²) < 4.78 is 5.74. The quantitative estimate of drug-likeness (QED) is 0.884. The Morgan fingerprint density at radius 1 is 1.10 bits per heavy atom. The second-order valence-electron chi connectivity index (χ2n) is 5.49. The van der Waals surface area contributed by atoms with Crippen LogP contribution in [0.15, 0.2) is 54.6 Å². The molecule has 0 bridgehead atoms. The largest absolute Gasteiger partial charge is 0.457 e. The van der Waals surface area contributed by atoms with E-state index in [0.717, 1.165) is 5.75 Å². The fraction of sp³-hybridized carbons (Fsp3) is 0.235. The van der Waals surface area contributed by atoms with Crippen molar-refractivity contribution in [2.24, 2.45) is 11.1 Å². The first-order chi connectivity index (χ1) is 10.0. The van der Waals surface area contributed by atoms with Crippen LogP contribution < -0.4 is 15.8 Å². The van der Waals surface area contributed by atoms with Gasteiger partial charge in [-0.15, -0.1) is 0 Å². The molecule has 0 aliphatic carbocycles. The minimum absolute atomic E-state index is 0.109. The van der Waals surface area contributed by atoms with Crippen LogP contribution in [-0.2, 0) is 4.79 Å². The van der Waals surface area contributed by atoms with E-state index >= 15 is 0 Å². The Kier molecular flexibility index (Phi) is 4.60. The molecule has 0 aromatic heterocycles.